The highest BCUT2D eigenvalue weighted by molar-refractivity contribution is 7.89. The third kappa shape index (κ3) is 7.78. The second kappa shape index (κ2) is 15.0. The maximum atomic E-state index is 14.1. The van der Waals surface area contributed by atoms with Crippen LogP contribution in [0.15, 0.2) is 83.8 Å². The van der Waals surface area contributed by atoms with Crippen LogP contribution in [0.25, 0.3) is 10.9 Å². The van der Waals surface area contributed by atoms with Gasteiger partial charge in [-0.2, -0.15) is 4.31 Å². The van der Waals surface area contributed by atoms with Gasteiger partial charge in [0.25, 0.3) is 5.69 Å². The van der Waals surface area contributed by atoms with Gasteiger partial charge in [0, 0.05) is 69.9 Å². The lowest BCUT2D eigenvalue weighted by Crippen LogP contribution is -2.47. The van der Waals surface area contributed by atoms with E-state index >= 15 is 0 Å². The molecule has 0 unspecified atom stereocenters. The van der Waals surface area contributed by atoms with Gasteiger partial charge in [-0.15, -0.1) is 0 Å². The molecule has 0 aliphatic carbocycles. The first-order chi connectivity index (χ1) is 23.2. The summed E-state index contributed by atoms with van der Waals surface area (Å²) in [4.78, 5) is 22.8. The summed E-state index contributed by atoms with van der Waals surface area (Å²) in [5, 5.41) is 12.8. The van der Waals surface area contributed by atoms with Gasteiger partial charge in [-0.25, -0.2) is 13.4 Å². The number of nitro groups is 1. The molecule has 2 aliphatic rings. The maximum Gasteiger partial charge on any atom is 0.289 e. The van der Waals surface area contributed by atoms with Crippen LogP contribution < -0.4 is 9.64 Å². The standard InChI is InChI=1S/C36H44N6O5S/c1-28-25-36(40-22-20-38(2)21-23-40)37-33-14-13-31(26-32(28)33)47-24-8-17-41(48(45,46)35-12-7-6-11-34(35)42(43)44)30-15-18-39(19-16-30)27-29-9-4-3-5-10-29/h3-7,9-14,25-26,30H,8,15-24,27H2,1-2H3. The largest absolute Gasteiger partial charge is 0.494 e. The van der Waals surface area contributed by atoms with Crippen LogP contribution in [0.4, 0.5) is 11.5 Å². The van der Waals surface area contributed by atoms with E-state index in [2.05, 4.69) is 46.9 Å². The monoisotopic (exact) mass is 672 g/mol. The third-order valence-corrected chi connectivity index (χ3v) is 11.5. The number of rotatable bonds is 12. The van der Waals surface area contributed by atoms with Crippen molar-refractivity contribution in [3.05, 3.63) is 100 Å². The lowest BCUT2D eigenvalue weighted by molar-refractivity contribution is -0.387. The molecule has 0 spiro atoms. The number of ether oxygens (including phenoxy) is 1. The molecule has 0 saturated carbocycles. The fraction of sp³-hybridized carbons (Fsp3) is 0.417. The summed E-state index contributed by atoms with van der Waals surface area (Å²) in [6.07, 6.45) is 1.71. The molecule has 0 amide bonds. The number of aromatic nitrogens is 1. The van der Waals surface area contributed by atoms with Crippen LogP contribution in [0.3, 0.4) is 0 Å². The van der Waals surface area contributed by atoms with Gasteiger partial charge < -0.3 is 14.5 Å². The van der Waals surface area contributed by atoms with Crippen molar-refractivity contribution in [2.24, 2.45) is 0 Å². The van der Waals surface area contributed by atoms with E-state index in [1.165, 1.54) is 34.1 Å². The molecule has 0 atom stereocenters. The van der Waals surface area contributed by atoms with Gasteiger partial charge in [0.15, 0.2) is 4.90 Å². The summed E-state index contributed by atoms with van der Waals surface area (Å²) in [6, 6.07) is 23.6. The number of anilines is 1. The highest BCUT2D eigenvalue weighted by Gasteiger charge is 2.37. The van der Waals surface area contributed by atoms with E-state index < -0.39 is 20.6 Å². The van der Waals surface area contributed by atoms with Gasteiger partial charge in [-0.1, -0.05) is 42.5 Å². The van der Waals surface area contributed by atoms with Gasteiger partial charge in [0.1, 0.15) is 11.6 Å². The quantitative estimate of drug-likeness (QED) is 0.112. The van der Waals surface area contributed by atoms with Crippen LogP contribution in [-0.4, -0.2) is 97.9 Å². The van der Waals surface area contributed by atoms with Crippen LogP contribution in [-0.2, 0) is 16.6 Å². The molecule has 48 heavy (non-hydrogen) atoms. The fourth-order valence-corrected chi connectivity index (χ4v) is 8.59. The van der Waals surface area contributed by atoms with E-state index in [9.17, 15) is 18.5 Å². The van der Waals surface area contributed by atoms with Gasteiger partial charge >= 0.3 is 0 Å². The van der Waals surface area contributed by atoms with Crippen LogP contribution in [0.5, 0.6) is 5.75 Å². The van der Waals surface area contributed by atoms with Gasteiger partial charge in [0.05, 0.1) is 17.0 Å². The molecule has 4 aromatic rings. The van der Waals surface area contributed by atoms with Crippen LogP contribution in [0.1, 0.15) is 30.4 Å². The zero-order valence-corrected chi connectivity index (χ0v) is 28.5. The number of likely N-dealkylation sites (N-methyl/N-ethyl adjacent to an activating group) is 1. The van der Waals surface area contributed by atoms with Crippen molar-refractivity contribution in [2.45, 2.75) is 43.7 Å². The molecule has 6 rings (SSSR count). The smallest absolute Gasteiger partial charge is 0.289 e. The molecule has 11 nitrogen and oxygen atoms in total. The van der Waals surface area contributed by atoms with Crippen molar-refractivity contribution in [1.29, 1.82) is 0 Å². The summed E-state index contributed by atoms with van der Waals surface area (Å²) in [6.45, 7) is 8.78. The van der Waals surface area contributed by atoms with Gasteiger partial charge in [-0.05, 0) is 74.7 Å². The molecule has 0 N–H and O–H groups in total. The number of para-hydroxylation sites is 1. The second-order valence-corrected chi connectivity index (χ2v) is 14.7. The van der Waals surface area contributed by atoms with E-state index in [0.29, 0.717) is 31.6 Å². The molecule has 2 saturated heterocycles. The number of hydrogen-bond donors (Lipinski definition) is 0. The number of hydrogen-bond acceptors (Lipinski definition) is 9. The number of likely N-dealkylation sites (tertiary alicyclic amines) is 1. The lowest BCUT2D eigenvalue weighted by atomic mass is 10.0. The number of fused-ring (bicyclic) bond motifs is 1. The highest BCUT2D eigenvalue weighted by atomic mass is 32.2. The number of nitrogens with zero attached hydrogens (tertiary/aromatic N) is 6. The minimum absolute atomic E-state index is 0.195. The average molecular weight is 673 g/mol. The Morgan fingerprint density at radius 2 is 1.65 bits per heavy atom. The molecule has 2 fully saturated rings. The van der Waals surface area contributed by atoms with Crippen molar-refractivity contribution in [3.63, 3.8) is 0 Å². The molecular weight excluding hydrogens is 629 g/mol. The number of sulfonamides is 1. The SMILES string of the molecule is Cc1cc(N2CCN(C)CC2)nc2ccc(OCCCN(C3CCN(Cc4ccccc4)CC3)S(=O)(=O)c3ccccc3[N+](=O)[O-])cc12. The molecule has 0 radical (unpaired) electrons. The minimum Gasteiger partial charge on any atom is -0.494 e. The number of nitro benzene ring substituents is 1. The van der Waals surface area contributed by atoms with Crippen molar-refractivity contribution in [2.75, 3.05) is 64.4 Å². The molecule has 12 heteroatoms. The summed E-state index contributed by atoms with van der Waals surface area (Å²) >= 11 is 0. The third-order valence-electron chi connectivity index (χ3n) is 9.45. The second-order valence-electron chi connectivity index (χ2n) is 12.8. The van der Waals surface area contributed by atoms with E-state index in [4.69, 9.17) is 9.72 Å². The Morgan fingerprint density at radius 1 is 0.938 bits per heavy atom. The molecule has 3 aromatic carbocycles. The Morgan fingerprint density at radius 3 is 2.38 bits per heavy atom. The van der Waals surface area contributed by atoms with E-state index in [1.54, 1.807) is 0 Å². The molecule has 0 bridgehead atoms. The number of benzene rings is 3. The number of aryl methyl sites for hydroxylation is 1. The predicted molar refractivity (Wildman–Crippen MR) is 188 cm³/mol. The van der Waals surface area contributed by atoms with Gasteiger partial charge in [-0.3, -0.25) is 15.0 Å². The Bertz CT molecular complexity index is 1820. The zero-order valence-electron chi connectivity index (χ0n) is 27.7. The lowest BCUT2D eigenvalue weighted by Gasteiger charge is -2.37. The van der Waals surface area contributed by atoms with Crippen LogP contribution >= 0.6 is 0 Å². The summed E-state index contributed by atoms with van der Waals surface area (Å²) < 4.78 is 35.8. The van der Waals surface area contributed by atoms with Gasteiger partial charge in [0.2, 0.25) is 10.0 Å². The maximum absolute atomic E-state index is 14.1. The number of pyridine rings is 1. The molecule has 1 aromatic heterocycles. The number of piperidine rings is 1. The minimum atomic E-state index is -4.15. The average Bonchev–Trinajstić information content (AvgIpc) is 3.09. The highest BCUT2D eigenvalue weighted by Crippen LogP contribution is 2.31. The Kier molecular flexibility index (Phi) is 10.5. The topological polar surface area (TPSA) is 112 Å². The van der Waals surface area contributed by atoms with E-state index in [-0.39, 0.29) is 17.5 Å². The van der Waals surface area contributed by atoms with E-state index in [1.807, 2.05) is 36.4 Å². The van der Waals surface area contributed by atoms with Crippen molar-refractivity contribution < 1.29 is 18.1 Å². The molecule has 3 heterocycles. The first-order valence-corrected chi connectivity index (χ1v) is 18.1. The number of piperazine rings is 1. The molecular formula is C36H44N6O5S. The van der Waals surface area contributed by atoms with Crippen molar-refractivity contribution in [3.8, 4) is 5.75 Å². The Balaban J connectivity index is 1.13. The summed E-state index contributed by atoms with van der Waals surface area (Å²) in [5.74, 6) is 1.69. The predicted octanol–water partition coefficient (Wildman–Crippen LogP) is 5.33. The first-order valence-electron chi connectivity index (χ1n) is 16.7. The van der Waals surface area contributed by atoms with Crippen molar-refractivity contribution in [1.82, 2.24) is 19.1 Å². The summed E-state index contributed by atoms with van der Waals surface area (Å²) in [7, 11) is -2.01. The Labute approximate surface area is 282 Å². The molecule has 2 aliphatic heterocycles. The van der Waals surface area contributed by atoms with Crippen LogP contribution in [0.2, 0.25) is 0 Å². The normalized spacial score (nSPS) is 16.9. The van der Waals surface area contributed by atoms with Crippen molar-refractivity contribution >= 4 is 32.4 Å². The molecule has 254 valence electrons. The zero-order chi connectivity index (χ0) is 33.7. The fourth-order valence-electron chi connectivity index (χ4n) is 6.71. The Hall–Kier alpha value is -4.10. The first kappa shape index (κ1) is 33.8. The van der Waals surface area contributed by atoms with Crippen LogP contribution in [0, 0.1) is 17.0 Å². The summed E-state index contributed by atoms with van der Waals surface area (Å²) in [5.41, 5.74) is 2.85. The van der Waals surface area contributed by atoms with E-state index in [0.717, 1.165) is 68.1 Å².